The molecule has 0 aromatic heterocycles. The number of fused-ring (bicyclic) bond motifs is 1. The van der Waals surface area contributed by atoms with E-state index in [1.54, 1.807) is 19.0 Å². The van der Waals surface area contributed by atoms with Crippen LogP contribution in [0.5, 0.6) is 0 Å². The smallest absolute Gasteiger partial charge is 0.222 e. The van der Waals surface area contributed by atoms with Gasteiger partial charge in [0.15, 0.2) is 0 Å². The molecule has 0 radical (unpaired) electrons. The van der Waals surface area contributed by atoms with Gasteiger partial charge in [0, 0.05) is 32.9 Å². The molecule has 4 nitrogen and oxygen atoms in total. The Kier molecular flexibility index (Phi) is 8.79. The van der Waals surface area contributed by atoms with Crippen molar-refractivity contribution in [1.29, 1.82) is 0 Å². The third kappa shape index (κ3) is 6.22. The van der Waals surface area contributed by atoms with Crippen LogP contribution in [0.1, 0.15) is 58.8 Å². The number of hydrogen-bond donors (Lipinski definition) is 2. The van der Waals surface area contributed by atoms with E-state index in [0.29, 0.717) is 24.7 Å². The molecule has 1 amide bonds. The van der Waals surface area contributed by atoms with Crippen LogP contribution in [0.3, 0.4) is 0 Å². The third-order valence-corrected chi connectivity index (χ3v) is 6.35. The number of aliphatic hydroxyl groups excluding tert-OH is 2. The highest BCUT2D eigenvalue weighted by Gasteiger charge is 2.44. The molecule has 2 aliphatic carbocycles. The molecular formula is C24H37NO3. The topological polar surface area (TPSA) is 60.8 Å². The zero-order chi connectivity index (χ0) is 20.7. The van der Waals surface area contributed by atoms with Gasteiger partial charge in [-0.3, -0.25) is 4.79 Å². The van der Waals surface area contributed by atoms with Gasteiger partial charge in [0.2, 0.25) is 5.91 Å². The Bertz CT molecular complexity index is 640. The van der Waals surface area contributed by atoms with Gasteiger partial charge in [0.05, 0.1) is 12.2 Å². The first kappa shape index (κ1) is 22.7. The molecule has 2 N–H and O–H groups in total. The largest absolute Gasteiger partial charge is 0.392 e. The summed E-state index contributed by atoms with van der Waals surface area (Å²) in [6.07, 6.45) is 11.5. The quantitative estimate of drug-likeness (QED) is 0.380. The summed E-state index contributed by atoms with van der Waals surface area (Å²) in [7, 11) is 3.60. The number of carbonyl (C=O) groups excluding carboxylic acids is 1. The van der Waals surface area contributed by atoms with E-state index in [4.69, 9.17) is 0 Å². The minimum atomic E-state index is -0.516. The summed E-state index contributed by atoms with van der Waals surface area (Å²) in [4.78, 5) is 13.3. The van der Waals surface area contributed by atoms with Crippen molar-refractivity contribution in [2.75, 3.05) is 14.1 Å². The molecule has 0 spiro atoms. The maximum Gasteiger partial charge on any atom is 0.222 e. The minimum Gasteiger partial charge on any atom is -0.392 e. The zero-order valence-electron chi connectivity index (χ0n) is 17.9. The lowest BCUT2D eigenvalue weighted by Gasteiger charge is -2.19. The molecular weight excluding hydrogens is 350 g/mol. The predicted octanol–water partition coefficient (Wildman–Crippen LogP) is 3.54. The van der Waals surface area contributed by atoms with E-state index in [1.165, 1.54) is 5.57 Å². The Balaban J connectivity index is 1.86. The van der Waals surface area contributed by atoms with Gasteiger partial charge in [0.1, 0.15) is 0 Å². The van der Waals surface area contributed by atoms with E-state index in [2.05, 4.69) is 24.0 Å². The van der Waals surface area contributed by atoms with Crippen LogP contribution in [0.25, 0.3) is 0 Å². The van der Waals surface area contributed by atoms with Crippen LogP contribution in [0.15, 0.2) is 23.8 Å². The molecule has 0 bridgehead atoms. The molecule has 0 unspecified atom stereocenters. The summed E-state index contributed by atoms with van der Waals surface area (Å²) >= 11 is 0. The van der Waals surface area contributed by atoms with Crippen molar-refractivity contribution in [3.8, 4) is 11.8 Å². The van der Waals surface area contributed by atoms with Crippen LogP contribution in [0, 0.1) is 35.5 Å². The van der Waals surface area contributed by atoms with Gasteiger partial charge < -0.3 is 15.1 Å². The van der Waals surface area contributed by atoms with Gasteiger partial charge in [-0.2, -0.15) is 0 Å². The monoisotopic (exact) mass is 387 g/mol. The lowest BCUT2D eigenvalue weighted by atomic mass is 9.89. The number of carbonyl (C=O) groups is 1. The third-order valence-electron chi connectivity index (χ3n) is 6.35. The summed E-state index contributed by atoms with van der Waals surface area (Å²) in [5.41, 5.74) is 1.48. The molecule has 0 aromatic carbocycles. The second kappa shape index (κ2) is 10.8. The number of nitrogens with zero attached hydrogens (tertiary/aromatic N) is 1. The van der Waals surface area contributed by atoms with E-state index in [-0.39, 0.29) is 23.8 Å². The van der Waals surface area contributed by atoms with E-state index in [0.717, 1.165) is 32.1 Å². The number of rotatable bonds is 8. The van der Waals surface area contributed by atoms with Crippen molar-refractivity contribution in [2.45, 2.75) is 71.0 Å². The van der Waals surface area contributed by atoms with Crippen molar-refractivity contribution in [3.63, 3.8) is 0 Å². The fraction of sp³-hybridized carbons (Fsp3) is 0.708. The Hall–Kier alpha value is -1.57. The molecule has 0 heterocycles. The SMILES string of the molecule is CC#CC[C@H](C)[C@H](O)C=C[C@@H]1[C@H]2CC(=CCCCC(=O)N(C)C)C[C@H]2C[C@H]1O. The van der Waals surface area contributed by atoms with E-state index in [1.807, 2.05) is 19.9 Å². The number of unbranched alkanes of at least 4 members (excludes halogenated alkanes) is 1. The van der Waals surface area contributed by atoms with Crippen molar-refractivity contribution in [3.05, 3.63) is 23.8 Å². The van der Waals surface area contributed by atoms with Crippen LogP contribution in [-0.4, -0.2) is 47.3 Å². The summed E-state index contributed by atoms with van der Waals surface area (Å²) in [5.74, 6) is 7.32. The molecule has 2 fully saturated rings. The van der Waals surface area contributed by atoms with Crippen molar-refractivity contribution in [1.82, 2.24) is 4.90 Å². The molecule has 4 heteroatoms. The van der Waals surface area contributed by atoms with Crippen molar-refractivity contribution >= 4 is 5.91 Å². The first-order valence-electron chi connectivity index (χ1n) is 10.7. The normalized spacial score (nSPS) is 30.1. The molecule has 2 saturated carbocycles. The maximum atomic E-state index is 11.7. The van der Waals surface area contributed by atoms with Crippen molar-refractivity contribution < 1.29 is 15.0 Å². The highest BCUT2D eigenvalue weighted by molar-refractivity contribution is 5.75. The molecule has 0 aliphatic heterocycles. The van der Waals surface area contributed by atoms with Crippen LogP contribution in [-0.2, 0) is 4.79 Å². The second-order valence-corrected chi connectivity index (χ2v) is 8.74. The Morgan fingerprint density at radius 2 is 2.11 bits per heavy atom. The van der Waals surface area contributed by atoms with Crippen molar-refractivity contribution in [2.24, 2.45) is 23.7 Å². The summed E-state index contributed by atoms with van der Waals surface area (Å²) in [6.45, 7) is 3.82. The zero-order valence-corrected chi connectivity index (χ0v) is 17.9. The lowest BCUT2D eigenvalue weighted by Crippen LogP contribution is -2.20. The number of amides is 1. The summed E-state index contributed by atoms with van der Waals surface area (Å²) < 4.78 is 0. The first-order valence-corrected chi connectivity index (χ1v) is 10.7. The number of hydrogen-bond acceptors (Lipinski definition) is 3. The molecule has 0 saturated heterocycles. The average Bonchev–Trinajstić information content (AvgIpc) is 3.17. The van der Waals surface area contributed by atoms with Crippen LogP contribution < -0.4 is 0 Å². The first-order chi connectivity index (χ1) is 13.3. The van der Waals surface area contributed by atoms with Gasteiger partial charge in [-0.15, -0.1) is 11.8 Å². The van der Waals surface area contributed by atoms with Gasteiger partial charge in [-0.05, 0) is 56.8 Å². The molecule has 2 aliphatic rings. The molecule has 6 atom stereocenters. The highest BCUT2D eigenvalue weighted by Crippen LogP contribution is 2.50. The summed E-state index contributed by atoms with van der Waals surface area (Å²) in [6, 6.07) is 0. The number of allylic oxidation sites excluding steroid dienone is 2. The fourth-order valence-corrected chi connectivity index (χ4v) is 4.54. The second-order valence-electron chi connectivity index (χ2n) is 8.74. The van der Waals surface area contributed by atoms with Crippen LogP contribution in [0.4, 0.5) is 0 Å². The lowest BCUT2D eigenvalue weighted by molar-refractivity contribution is -0.128. The summed E-state index contributed by atoms with van der Waals surface area (Å²) in [5, 5.41) is 20.8. The fourth-order valence-electron chi connectivity index (χ4n) is 4.54. The Labute approximate surface area is 170 Å². The van der Waals surface area contributed by atoms with Gasteiger partial charge in [-0.25, -0.2) is 0 Å². The predicted molar refractivity (Wildman–Crippen MR) is 113 cm³/mol. The minimum absolute atomic E-state index is 0.0990. The molecule has 0 aromatic rings. The van der Waals surface area contributed by atoms with Gasteiger partial charge >= 0.3 is 0 Å². The number of aliphatic hydroxyl groups is 2. The molecule has 2 rings (SSSR count). The maximum absolute atomic E-state index is 11.7. The van der Waals surface area contributed by atoms with Gasteiger partial charge in [-0.1, -0.05) is 30.7 Å². The Morgan fingerprint density at radius 1 is 1.36 bits per heavy atom. The Morgan fingerprint density at radius 3 is 2.79 bits per heavy atom. The molecule has 28 heavy (non-hydrogen) atoms. The van der Waals surface area contributed by atoms with E-state index >= 15 is 0 Å². The molecule has 156 valence electrons. The van der Waals surface area contributed by atoms with Crippen LogP contribution >= 0.6 is 0 Å². The highest BCUT2D eigenvalue weighted by atomic mass is 16.3. The van der Waals surface area contributed by atoms with E-state index in [9.17, 15) is 15.0 Å². The van der Waals surface area contributed by atoms with Crippen LogP contribution in [0.2, 0.25) is 0 Å². The van der Waals surface area contributed by atoms with Gasteiger partial charge in [0.25, 0.3) is 0 Å². The average molecular weight is 388 g/mol. The van der Waals surface area contributed by atoms with E-state index < -0.39 is 6.10 Å². The standard InChI is InChI=1S/C24H37NO3/c1-5-6-9-17(2)22(26)13-12-20-21-15-18(14-19(21)16-23(20)27)10-7-8-11-24(28)25(3)4/h10,12-13,17,19-23,26-27H,7-9,11,14-16H2,1-4H3/t17-,19-,20+,21-,22+,23+/m0/s1.